The first-order valence-corrected chi connectivity index (χ1v) is 7.54. The molecule has 114 valence electrons. The van der Waals surface area contributed by atoms with E-state index >= 15 is 0 Å². The van der Waals surface area contributed by atoms with Crippen LogP contribution in [0.3, 0.4) is 0 Å². The van der Waals surface area contributed by atoms with Crippen LogP contribution in [0.4, 0.5) is 5.69 Å². The monoisotopic (exact) mass is 287 g/mol. The minimum absolute atomic E-state index is 0.0390. The first-order valence-electron chi connectivity index (χ1n) is 7.54. The first-order chi connectivity index (χ1) is 10.0. The van der Waals surface area contributed by atoms with Crippen molar-refractivity contribution >= 4 is 11.6 Å². The van der Waals surface area contributed by atoms with Crippen LogP contribution in [0.2, 0.25) is 0 Å². The molecule has 0 saturated carbocycles. The number of nitriles is 1. The van der Waals surface area contributed by atoms with Crippen molar-refractivity contribution < 1.29 is 4.79 Å². The van der Waals surface area contributed by atoms with Gasteiger partial charge in [-0.2, -0.15) is 5.26 Å². The van der Waals surface area contributed by atoms with Crippen LogP contribution in [0.15, 0.2) is 24.3 Å². The van der Waals surface area contributed by atoms with Gasteiger partial charge in [0.25, 0.3) is 5.91 Å². The van der Waals surface area contributed by atoms with Crippen molar-refractivity contribution in [3.63, 3.8) is 0 Å². The van der Waals surface area contributed by atoms with Gasteiger partial charge in [-0.25, -0.2) is 0 Å². The molecule has 0 aliphatic carbocycles. The van der Waals surface area contributed by atoms with E-state index in [9.17, 15) is 4.79 Å². The van der Waals surface area contributed by atoms with Gasteiger partial charge in [0, 0.05) is 37.4 Å². The fourth-order valence-corrected chi connectivity index (χ4v) is 2.23. The van der Waals surface area contributed by atoms with E-state index in [4.69, 9.17) is 5.26 Å². The summed E-state index contributed by atoms with van der Waals surface area (Å²) in [6, 6.07) is 9.75. The first kappa shape index (κ1) is 17.0. The maximum atomic E-state index is 12.3. The normalized spacial score (nSPS) is 11.6. The van der Waals surface area contributed by atoms with Crippen LogP contribution >= 0.6 is 0 Å². The van der Waals surface area contributed by atoms with Crippen LogP contribution in [-0.2, 0) is 0 Å². The molecule has 0 spiro atoms. The molecule has 0 heterocycles. The predicted octanol–water partition coefficient (Wildman–Crippen LogP) is 3.30. The largest absolute Gasteiger partial charge is 0.372 e. The predicted molar refractivity (Wildman–Crippen MR) is 86.4 cm³/mol. The number of carbonyl (C=O) groups is 1. The van der Waals surface area contributed by atoms with Gasteiger partial charge in [-0.15, -0.1) is 0 Å². The van der Waals surface area contributed by atoms with Gasteiger partial charge >= 0.3 is 0 Å². The highest BCUT2D eigenvalue weighted by atomic mass is 16.2. The molecule has 1 aromatic rings. The Morgan fingerprint density at radius 3 is 2.38 bits per heavy atom. The second kappa shape index (κ2) is 8.31. The molecule has 0 aliphatic rings. The number of nitrogens with zero attached hydrogens (tertiary/aromatic N) is 3. The lowest BCUT2D eigenvalue weighted by atomic mass is 10.1. The standard InChI is InChI=1S/C17H25N3O/c1-5-13-20(6-2)16-9-7-15(8-10-16)17(21)19(4)14(3)11-12-18/h7-10,14H,5-6,11,13H2,1-4H3. The van der Waals surface area contributed by atoms with Gasteiger partial charge < -0.3 is 9.80 Å². The topological polar surface area (TPSA) is 47.3 Å². The molecule has 1 rings (SSSR count). The van der Waals surface area contributed by atoms with E-state index < -0.39 is 0 Å². The van der Waals surface area contributed by atoms with Crippen molar-refractivity contribution in [2.45, 2.75) is 39.7 Å². The van der Waals surface area contributed by atoms with Gasteiger partial charge in [-0.05, 0) is 44.5 Å². The molecule has 1 atom stereocenters. The molecule has 0 saturated heterocycles. The molecule has 0 fully saturated rings. The summed E-state index contributed by atoms with van der Waals surface area (Å²) < 4.78 is 0. The van der Waals surface area contributed by atoms with E-state index in [2.05, 4.69) is 24.8 Å². The highest BCUT2D eigenvalue weighted by molar-refractivity contribution is 5.94. The lowest BCUT2D eigenvalue weighted by Crippen LogP contribution is -2.34. The molecule has 21 heavy (non-hydrogen) atoms. The maximum Gasteiger partial charge on any atom is 0.253 e. The Balaban J connectivity index is 2.82. The maximum absolute atomic E-state index is 12.3. The van der Waals surface area contributed by atoms with Crippen LogP contribution in [0.25, 0.3) is 0 Å². The summed E-state index contributed by atoms with van der Waals surface area (Å²) in [5.41, 5.74) is 1.81. The van der Waals surface area contributed by atoms with E-state index in [0.717, 1.165) is 25.2 Å². The average molecular weight is 287 g/mol. The minimum Gasteiger partial charge on any atom is -0.372 e. The van der Waals surface area contributed by atoms with Gasteiger partial charge in [-0.1, -0.05) is 6.92 Å². The Bertz CT molecular complexity index is 490. The molecule has 0 N–H and O–H groups in total. The lowest BCUT2D eigenvalue weighted by Gasteiger charge is -2.24. The highest BCUT2D eigenvalue weighted by Crippen LogP contribution is 2.17. The molecule has 0 bridgehead atoms. The zero-order valence-electron chi connectivity index (χ0n) is 13.5. The Morgan fingerprint density at radius 2 is 1.90 bits per heavy atom. The van der Waals surface area contributed by atoms with E-state index in [1.807, 2.05) is 31.2 Å². The summed E-state index contributed by atoms with van der Waals surface area (Å²) >= 11 is 0. The Kier molecular flexibility index (Phi) is 6.74. The van der Waals surface area contributed by atoms with Crippen molar-refractivity contribution in [2.75, 3.05) is 25.0 Å². The van der Waals surface area contributed by atoms with Gasteiger partial charge in [0.2, 0.25) is 0 Å². The number of anilines is 1. The Morgan fingerprint density at radius 1 is 1.29 bits per heavy atom. The quantitative estimate of drug-likeness (QED) is 0.773. The molecule has 4 nitrogen and oxygen atoms in total. The highest BCUT2D eigenvalue weighted by Gasteiger charge is 2.17. The van der Waals surface area contributed by atoms with Gasteiger partial charge in [0.15, 0.2) is 0 Å². The molecule has 4 heteroatoms. The van der Waals surface area contributed by atoms with E-state index in [-0.39, 0.29) is 11.9 Å². The number of hydrogen-bond acceptors (Lipinski definition) is 3. The van der Waals surface area contributed by atoms with Crippen LogP contribution in [0.5, 0.6) is 0 Å². The fourth-order valence-electron chi connectivity index (χ4n) is 2.23. The third-order valence-electron chi connectivity index (χ3n) is 3.72. The third kappa shape index (κ3) is 4.49. The van der Waals surface area contributed by atoms with Crippen LogP contribution in [0, 0.1) is 11.3 Å². The molecule has 1 amide bonds. The van der Waals surface area contributed by atoms with Gasteiger partial charge in [-0.3, -0.25) is 4.79 Å². The Labute approximate surface area is 128 Å². The lowest BCUT2D eigenvalue weighted by molar-refractivity contribution is 0.0746. The summed E-state index contributed by atoms with van der Waals surface area (Å²) in [7, 11) is 1.74. The van der Waals surface area contributed by atoms with E-state index in [1.165, 1.54) is 0 Å². The molecular weight excluding hydrogens is 262 g/mol. The summed E-state index contributed by atoms with van der Waals surface area (Å²) in [5, 5.41) is 8.72. The number of amides is 1. The number of rotatable bonds is 7. The zero-order chi connectivity index (χ0) is 15.8. The molecular formula is C17H25N3O. The van der Waals surface area contributed by atoms with E-state index in [1.54, 1.807) is 11.9 Å². The van der Waals surface area contributed by atoms with Crippen LogP contribution in [0.1, 0.15) is 44.0 Å². The van der Waals surface area contributed by atoms with Crippen molar-refractivity contribution in [2.24, 2.45) is 0 Å². The number of hydrogen-bond donors (Lipinski definition) is 0. The fraction of sp³-hybridized carbons (Fsp3) is 0.529. The van der Waals surface area contributed by atoms with Crippen molar-refractivity contribution in [1.29, 1.82) is 5.26 Å². The van der Waals surface area contributed by atoms with Gasteiger partial charge in [0.05, 0.1) is 12.5 Å². The summed E-state index contributed by atoms with van der Waals surface area (Å²) in [5.74, 6) is -0.0390. The Hall–Kier alpha value is -2.02. The van der Waals surface area contributed by atoms with Crippen LogP contribution < -0.4 is 4.90 Å². The molecule has 0 aromatic heterocycles. The third-order valence-corrected chi connectivity index (χ3v) is 3.72. The molecule has 0 radical (unpaired) electrons. The molecule has 0 aliphatic heterocycles. The van der Waals surface area contributed by atoms with Crippen LogP contribution in [-0.4, -0.2) is 37.0 Å². The summed E-state index contributed by atoms with van der Waals surface area (Å²) in [6.07, 6.45) is 1.45. The molecule has 1 unspecified atom stereocenters. The zero-order valence-corrected chi connectivity index (χ0v) is 13.5. The molecule has 1 aromatic carbocycles. The van der Waals surface area contributed by atoms with Crippen molar-refractivity contribution in [1.82, 2.24) is 4.90 Å². The van der Waals surface area contributed by atoms with Gasteiger partial charge in [0.1, 0.15) is 0 Å². The summed E-state index contributed by atoms with van der Waals surface area (Å²) in [4.78, 5) is 16.3. The summed E-state index contributed by atoms with van der Waals surface area (Å²) in [6.45, 7) is 8.15. The number of benzene rings is 1. The average Bonchev–Trinajstić information content (AvgIpc) is 2.51. The second-order valence-corrected chi connectivity index (χ2v) is 5.25. The SMILES string of the molecule is CCCN(CC)c1ccc(C(=O)N(C)C(C)CC#N)cc1. The van der Waals surface area contributed by atoms with Crippen molar-refractivity contribution in [3.05, 3.63) is 29.8 Å². The van der Waals surface area contributed by atoms with Crippen molar-refractivity contribution in [3.8, 4) is 6.07 Å². The van der Waals surface area contributed by atoms with E-state index in [0.29, 0.717) is 12.0 Å². The number of carbonyl (C=O) groups excluding carboxylic acids is 1. The smallest absolute Gasteiger partial charge is 0.253 e. The minimum atomic E-state index is -0.0746. The second-order valence-electron chi connectivity index (χ2n) is 5.25.